The molecular weight excluding hydrogens is 206 g/mol. The van der Waals surface area contributed by atoms with Crippen molar-refractivity contribution in [3.05, 3.63) is 29.8 Å². The van der Waals surface area contributed by atoms with E-state index < -0.39 is 0 Å². The summed E-state index contributed by atoms with van der Waals surface area (Å²) in [6.07, 6.45) is 0.357. The van der Waals surface area contributed by atoms with Gasteiger partial charge < -0.3 is 14.7 Å². The maximum Gasteiger partial charge on any atom is 0.225 e. The van der Waals surface area contributed by atoms with Crippen molar-refractivity contribution >= 4 is 5.91 Å². The highest BCUT2D eigenvalue weighted by Crippen LogP contribution is 2.13. The van der Waals surface area contributed by atoms with Crippen molar-refractivity contribution in [2.75, 3.05) is 20.7 Å². The zero-order valence-electron chi connectivity index (χ0n) is 9.64. The molecule has 1 amide bonds. The van der Waals surface area contributed by atoms with Crippen molar-refractivity contribution < 1.29 is 14.6 Å². The van der Waals surface area contributed by atoms with Gasteiger partial charge in [0, 0.05) is 14.1 Å². The molecule has 16 heavy (non-hydrogen) atoms. The largest absolute Gasteiger partial charge is 0.493 e. The number of carbonyl (C=O) groups is 1. The Bertz CT molecular complexity index is 350. The number of hydrogen-bond acceptors (Lipinski definition) is 3. The van der Waals surface area contributed by atoms with Gasteiger partial charge in [0.25, 0.3) is 0 Å². The van der Waals surface area contributed by atoms with Crippen molar-refractivity contribution in [2.45, 2.75) is 13.0 Å². The Balaban J connectivity index is 2.40. The van der Waals surface area contributed by atoms with Gasteiger partial charge in [0.05, 0.1) is 19.6 Å². The molecule has 0 spiro atoms. The summed E-state index contributed by atoms with van der Waals surface area (Å²) in [7, 11) is 3.43. The summed E-state index contributed by atoms with van der Waals surface area (Å²) in [4.78, 5) is 12.8. The van der Waals surface area contributed by atoms with Gasteiger partial charge in [-0.15, -0.1) is 0 Å². The standard InChI is InChI=1S/C12H17NO3/c1-13(2)12(15)6-7-16-11-5-3-4-10(8-11)9-14/h3-5,8,14H,6-7,9H2,1-2H3. The molecule has 0 bridgehead atoms. The molecule has 1 N–H and O–H groups in total. The monoisotopic (exact) mass is 223 g/mol. The van der Waals surface area contributed by atoms with Gasteiger partial charge in [-0.25, -0.2) is 0 Å². The molecule has 0 fully saturated rings. The Labute approximate surface area is 95.5 Å². The van der Waals surface area contributed by atoms with Crippen LogP contribution in [-0.4, -0.2) is 36.6 Å². The first-order chi connectivity index (χ1) is 7.63. The fourth-order valence-corrected chi connectivity index (χ4v) is 1.21. The van der Waals surface area contributed by atoms with E-state index in [1.165, 1.54) is 4.90 Å². The summed E-state index contributed by atoms with van der Waals surface area (Å²) in [5, 5.41) is 8.93. The number of benzene rings is 1. The Kier molecular flexibility index (Phi) is 4.79. The van der Waals surface area contributed by atoms with Gasteiger partial charge in [-0.1, -0.05) is 12.1 Å². The average molecular weight is 223 g/mol. The molecule has 0 aliphatic carbocycles. The van der Waals surface area contributed by atoms with Crippen LogP contribution in [0, 0.1) is 0 Å². The molecule has 4 heteroatoms. The second-order valence-corrected chi connectivity index (χ2v) is 3.69. The third-order valence-electron chi connectivity index (χ3n) is 2.16. The lowest BCUT2D eigenvalue weighted by Crippen LogP contribution is -2.23. The number of aliphatic hydroxyl groups is 1. The number of aliphatic hydroxyl groups excluding tert-OH is 1. The number of hydrogen-bond donors (Lipinski definition) is 1. The van der Waals surface area contributed by atoms with Crippen molar-refractivity contribution in [1.29, 1.82) is 0 Å². The molecule has 1 aromatic carbocycles. The Hall–Kier alpha value is -1.55. The van der Waals surface area contributed by atoms with E-state index in [0.717, 1.165) is 5.56 Å². The maximum absolute atomic E-state index is 11.3. The van der Waals surface area contributed by atoms with Gasteiger partial charge in [-0.05, 0) is 17.7 Å². The number of nitrogens with zero attached hydrogens (tertiary/aromatic N) is 1. The van der Waals surface area contributed by atoms with Crippen LogP contribution in [0.4, 0.5) is 0 Å². The zero-order chi connectivity index (χ0) is 12.0. The molecule has 0 aliphatic rings. The molecule has 0 atom stereocenters. The summed E-state index contributed by atoms with van der Waals surface area (Å²) >= 11 is 0. The van der Waals surface area contributed by atoms with Crippen LogP contribution in [-0.2, 0) is 11.4 Å². The molecule has 1 rings (SSSR count). The summed E-state index contributed by atoms with van der Waals surface area (Å²) in [6.45, 7) is 0.347. The minimum Gasteiger partial charge on any atom is -0.493 e. The van der Waals surface area contributed by atoms with Gasteiger partial charge >= 0.3 is 0 Å². The van der Waals surface area contributed by atoms with Crippen molar-refractivity contribution in [3.63, 3.8) is 0 Å². The van der Waals surface area contributed by atoms with Gasteiger partial charge in [0.2, 0.25) is 5.91 Å². The molecule has 0 heterocycles. The first kappa shape index (κ1) is 12.5. The third kappa shape index (κ3) is 3.90. The van der Waals surface area contributed by atoms with E-state index in [9.17, 15) is 4.79 Å². The summed E-state index contributed by atoms with van der Waals surface area (Å²) < 4.78 is 5.41. The van der Waals surface area contributed by atoms with Crippen LogP contribution in [0.1, 0.15) is 12.0 Å². The summed E-state index contributed by atoms with van der Waals surface area (Å²) in [6, 6.07) is 7.20. The Morgan fingerprint density at radius 3 is 2.81 bits per heavy atom. The van der Waals surface area contributed by atoms with E-state index in [2.05, 4.69) is 0 Å². The first-order valence-electron chi connectivity index (χ1n) is 5.16. The minimum absolute atomic E-state index is 0.00612. The van der Waals surface area contributed by atoms with Crippen LogP contribution in [0.15, 0.2) is 24.3 Å². The van der Waals surface area contributed by atoms with Crippen LogP contribution in [0.5, 0.6) is 5.75 Å². The van der Waals surface area contributed by atoms with Gasteiger partial charge in [-0.2, -0.15) is 0 Å². The smallest absolute Gasteiger partial charge is 0.225 e. The predicted molar refractivity (Wildman–Crippen MR) is 61.2 cm³/mol. The summed E-state index contributed by atoms with van der Waals surface area (Å²) in [5.74, 6) is 0.719. The molecule has 1 aromatic rings. The fourth-order valence-electron chi connectivity index (χ4n) is 1.21. The number of carbonyl (C=O) groups excluding carboxylic acids is 1. The lowest BCUT2D eigenvalue weighted by molar-refractivity contribution is -0.129. The van der Waals surface area contributed by atoms with E-state index in [-0.39, 0.29) is 12.5 Å². The van der Waals surface area contributed by atoms with Crippen LogP contribution in [0.3, 0.4) is 0 Å². The van der Waals surface area contributed by atoms with Crippen molar-refractivity contribution in [3.8, 4) is 5.75 Å². The van der Waals surface area contributed by atoms with Gasteiger partial charge in [-0.3, -0.25) is 4.79 Å². The number of ether oxygens (including phenoxy) is 1. The van der Waals surface area contributed by atoms with Gasteiger partial charge in [0.15, 0.2) is 0 Å². The maximum atomic E-state index is 11.3. The molecule has 0 unspecified atom stereocenters. The fraction of sp³-hybridized carbons (Fsp3) is 0.417. The molecule has 0 aromatic heterocycles. The highest BCUT2D eigenvalue weighted by atomic mass is 16.5. The van der Waals surface area contributed by atoms with E-state index in [1.54, 1.807) is 26.2 Å². The molecule has 4 nitrogen and oxygen atoms in total. The zero-order valence-corrected chi connectivity index (χ0v) is 9.64. The molecule has 88 valence electrons. The first-order valence-corrected chi connectivity index (χ1v) is 5.16. The predicted octanol–water partition coefficient (Wildman–Crippen LogP) is 1.04. The topological polar surface area (TPSA) is 49.8 Å². The van der Waals surface area contributed by atoms with E-state index in [4.69, 9.17) is 9.84 Å². The van der Waals surface area contributed by atoms with Gasteiger partial charge in [0.1, 0.15) is 5.75 Å². The number of rotatable bonds is 5. The average Bonchev–Trinajstić information content (AvgIpc) is 2.29. The van der Waals surface area contributed by atoms with Crippen LogP contribution in [0.25, 0.3) is 0 Å². The van der Waals surface area contributed by atoms with E-state index in [1.807, 2.05) is 12.1 Å². The van der Waals surface area contributed by atoms with Crippen molar-refractivity contribution in [1.82, 2.24) is 4.90 Å². The SMILES string of the molecule is CN(C)C(=O)CCOc1cccc(CO)c1. The second kappa shape index (κ2) is 6.12. The second-order valence-electron chi connectivity index (χ2n) is 3.69. The molecule has 0 saturated carbocycles. The quantitative estimate of drug-likeness (QED) is 0.811. The van der Waals surface area contributed by atoms with Crippen LogP contribution in [0.2, 0.25) is 0 Å². The highest BCUT2D eigenvalue weighted by Gasteiger charge is 2.03. The van der Waals surface area contributed by atoms with E-state index >= 15 is 0 Å². The normalized spacial score (nSPS) is 9.94. The lowest BCUT2D eigenvalue weighted by Gasteiger charge is -2.11. The van der Waals surface area contributed by atoms with Crippen LogP contribution < -0.4 is 4.74 Å². The Morgan fingerprint density at radius 1 is 1.44 bits per heavy atom. The minimum atomic E-state index is -0.00612. The number of amides is 1. The molecule has 0 aliphatic heterocycles. The third-order valence-corrected chi connectivity index (χ3v) is 2.16. The lowest BCUT2D eigenvalue weighted by atomic mass is 10.2. The van der Waals surface area contributed by atoms with Crippen molar-refractivity contribution in [2.24, 2.45) is 0 Å². The Morgan fingerprint density at radius 2 is 2.19 bits per heavy atom. The molecule has 0 saturated heterocycles. The molecule has 0 radical (unpaired) electrons. The molecular formula is C12H17NO3. The van der Waals surface area contributed by atoms with E-state index in [0.29, 0.717) is 18.8 Å². The summed E-state index contributed by atoms with van der Waals surface area (Å²) in [5.41, 5.74) is 0.802. The highest BCUT2D eigenvalue weighted by molar-refractivity contribution is 5.75. The van der Waals surface area contributed by atoms with Crippen LogP contribution >= 0.6 is 0 Å².